The van der Waals surface area contributed by atoms with E-state index in [2.05, 4.69) is 10.6 Å². The van der Waals surface area contributed by atoms with Gasteiger partial charge < -0.3 is 5.32 Å². The molecule has 1 atom stereocenters. The minimum atomic E-state index is -0.346. The Kier molecular flexibility index (Phi) is 5.05. The molecule has 1 aliphatic heterocycles. The van der Waals surface area contributed by atoms with Gasteiger partial charge in [0.05, 0.1) is 6.04 Å². The van der Waals surface area contributed by atoms with Crippen LogP contribution >= 0.6 is 24.2 Å². The maximum Gasteiger partial charge on any atom is 0.242 e. The number of amides is 1. The molecule has 0 aliphatic carbocycles. The van der Waals surface area contributed by atoms with E-state index in [0.29, 0.717) is 5.69 Å². The number of halogens is 2. The highest BCUT2D eigenvalue weighted by atomic mass is 35.5. The van der Waals surface area contributed by atoms with Crippen LogP contribution in [0.2, 0.25) is 0 Å². The Hall–Kier alpha value is -0.780. The van der Waals surface area contributed by atoms with Gasteiger partial charge >= 0.3 is 0 Å². The lowest BCUT2D eigenvalue weighted by molar-refractivity contribution is -0.117. The smallest absolute Gasteiger partial charge is 0.242 e. The molecule has 0 spiro atoms. The van der Waals surface area contributed by atoms with Gasteiger partial charge in [-0.25, -0.2) is 4.39 Å². The van der Waals surface area contributed by atoms with Crippen LogP contribution in [0.25, 0.3) is 0 Å². The summed E-state index contributed by atoms with van der Waals surface area (Å²) in [4.78, 5) is 11.6. The van der Waals surface area contributed by atoms with Gasteiger partial charge in [-0.05, 0) is 18.2 Å². The molecule has 1 fully saturated rings. The van der Waals surface area contributed by atoms with Crippen molar-refractivity contribution in [2.24, 2.45) is 0 Å². The van der Waals surface area contributed by atoms with Crippen LogP contribution in [0.4, 0.5) is 10.1 Å². The molecule has 88 valence electrons. The lowest BCUT2D eigenvalue weighted by atomic mass is 10.2. The van der Waals surface area contributed by atoms with Crippen molar-refractivity contribution >= 4 is 35.8 Å². The van der Waals surface area contributed by atoms with Crippen LogP contribution in [-0.4, -0.2) is 23.6 Å². The van der Waals surface area contributed by atoms with Gasteiger partial charge in [0, 0.05) is 17.3 Å². The SMILES string of the molecule is Cl.O=C(Nc1cccc(F)c1)C1CSCN1. The second-order valence-electron chi connectivity index (χ2n) is 3.27. The standard InChI is InChI=1S/C10H11FN2OS.ClH/c11-7-2-1-3-8(4-7)13-10(14)9-5-15-6-12-9;/h1-4,9,12H,5-6H2,(H,13,14);1H. The summed E-state index contributed by atoms with van der Waals surface area (Å²) < 4.78 is 12.8. The number of carbonyl (C=O) groups excluding carboxylic acids is 1. The molecule has 1 saturated heterocycles. The number of benzene rings is 1. The summed E-state index contributed by atoms with van der Waals surface area (Å²) in [6, 6.07) is 5.72. The number of anilines is 1. The molecule has 2 N–H and O–H groups in total. The summed E-state index contributed by atoms with van der Waals surface area (Å²) in [5, 5.41) is 5.72. The molecule has 16 heavy (non-hydrogen) atoms. The van der Waals surface area contributed by atoms with Gasteiger partial charge in [0.15, 0.2) is 0 Å². The zero-order chi connectivity index (χ0) is 10.7. The Morgan fingerprint density at radius 2 is 2.38 bits per heavy atom. The molecule has 1 amide bonds. The quantitative estimate of drug-likeness (QED) is 0.855. The average Bonchev–Trinajstić information content (AvgIpc) is 2.70. The summed E-state index contributed by atoms with van der Waals surface area (Å²) >= 11 is 1.68. The number of rotatable bonds is 2. The minimum Gasteiger partial charge on any atom is -0.325 e. The molecular formula is C10H12ClFN2OS. The first-order chi connectivity index (χ1) is 7.25. The molecule has 2 rings (SSSR count). The summed E-state index contributed by atoms with van der Waals surface area (Å²) in [6.45, 7) is 0. The average molecular weight is 263 g/mol. The van der Waals surface area contributed by atoms with Crippen molar-refractivity contribution in [3.63, 3.8) is 0 Å². The van der Waals surface area contributed by atoms with Crippen molar-refractivity contribution in [2.45, 2.75) is 6.04 Å². The predicted molar refractivity (Wildman–Crippen MR) is 66.5 cm³/mol. The molecule has 1 unspecified atom stereocenters. The molecule has 1 aromatic carbocycles. The Morgan fingerprint density at radius 3 is 3.00 bits per heavy atom. The van der Waals surface area contributed by atoms with Crippen molar-refractivity contribution in [1.82, 2.24) is 5.32 Å². The highest BCUT2D eigenvalue weighted by Crippen LogP contribution is 2.13. The van der Waals surface area contributed by atoms with Gasteiger partial charge in [-0.2, -0.15) is 0 Å². The molecule has 6 heteroatoms. The van der Waals surface area contributed by atoms with Crippen molar-refractivity contribution in [3.8, 4) is 0 Å². The first-order valence-corrected chi connectivity index (χ1v) is 5.79. The molecule has 3 nitrogen and oxygen atoms in total. The highest BCUT2D eigenvalue weighted by molar-refractivity contribution is 7.99. The van der Waals surface area contributed by atoms with Crippen LogP contribution in [0.1, 0.15) is 0 Å². The van der Waals surface area contributed by atoms with E-state index < -0.39 is 0 Å². The van der Waals surface area contributed by atoms with E-state index in [9.17, 15) is 9.18 Å². The highest BCUT2D eigenvalue weighted by Gasteiger charge is 2.22. The van der Waals surface area contributed by atoms with Gasteiger partial charge in [-0.15, -0.1) is 24.2 Å². The number of nitrogens with one attached hydrogen (secondary N) is 2. The predicted octanol–water partition coefficient (Wildman–Crippen LogP) is 1.85. The van der Waals surface area contributed by atoms with E-state index in [1.807, 2.05) is 0 Å². The Balaban J connectivity index is 0.00000128. The lowest BCUT2D eigenvalue weighted by Crippen LogP contribution is -2.37. The summed E-state index contributed by atoms with van der Waals surface area (Å²) in [6.07, 6.45) is 0. The molecule has 1 heterocycles. The molecule has 0 saturated carbocycles. The summed E-state index contributed by atoms with van der Waals surface area (Å²) in [5.74, 6) is 1.11. The van der Waals surface area contributed by atoms with Crippen LogP contribution in [0, 0.1) is 5.82 Å². The van der Waals surface area contributed by atoms with Crippen LogP contribution in [0.3, 0.4) is 0 Å². The fourth-order valence-electron chi connectivity index (χ4n) is 1.36. The monoisotopic (exact) mass is 262 g/mol. The van der Waals surface area contributed by atoms with E-state index >= 15 is 0 Å². The Morgan fingerprint density at radius 1 is 1.56 bits per heavy atom. The van der Waals surface area contributed by atoms with Gasteiger partial charge in [0.2, 0.25) is 5.91 Å². The molecule has 1 aromatic rings. The summed E-state index contributed by atoms with van der Waals surface area (Å²) in [7, 11) is 0. The second-order valence-corrected chi connectivity index (χ2v) is 4.30. The van der Waals surface area contributed by atoms with Gasteiger partial charge in [-0.1, -0.05) is 6.07 Å². The Bertz CT molecular complexity index is 372. The third-order valence-electron chi connectivity index (χ3n) is 2.12. The van der Waals surface area contributed by atoms with E-state index in [1.54, 1.807) is 23.9 Å². The van der Waals surface area contributed by atoms with Crippen molar-refractivity contribution in [2.75, 3.05) is 16.9 Å². The van der Waals surface area contributed by atoms with Crippen molar-refractivity contribution in [1.29, 1.82) is 0 Å². The minimum absolute atomic E-state index is 0. The fourth-order valence-corrected chi connectivity index (χ4v) is 2.30. The zero-order valence-electron chi connectivity index (χ0n) is 8.40. The fraction of sp³-hybridized carbons (Fsp3) is 0.300. The number of hydrogen-bond donors (Lipinski definition) is 2. The normalized spacial score (nSPS) is 18.9. The maximum absolute atomic E-state index is 12.8. The largest absolute Gasteiger partial charge is 0.325 e. The topological polar surface area (TPSA) is 41.1 Å². The van der Waals surface area contributed by atoms with Crippen LogP contribution < -0.4 is 10.6 Å². The van der Waals surface area contributed by atoms with Gasteiger partial charge in [0.1, 0.15) is 5.82 Å². The first-order valence-electron chi connectivity index (χ1n) is 4.63. The molecule has 1 aliphatic rings. The second kappa shape index (κ2) is 6.08. The molecular weight excluding hydrogens is 251 g/mol. The van der Waals surface area contributed by atoms with E-state index in [1.165, 1.54) is 12.1 Å². The van der Waals surface area contributed by atoms with E-state index in [4.69, 9.17) is 0 Å². The van der Waals surface area contributed by atoms with Crippen molar-refractivity contribution < 1.29 is 9.18 Å². The first kappa shape index (κ1) is 13.3. The van der Waals surface area contributed by atoms with Crippen LogP contribution in [-0.2, 0) is 4.79 Å². The van der Waals surface area contributed by atoms with Gasteiger partial charge in [-0.3, -0.25) is 10.1 Å². The zero-order valence-corrected chi connectivity index (χ0v) is 10.0. The van der Waals surface area contributed by atoms with Crippen LogP contribution in [0.15, 0.2) is 24.3 Å². The Labute approximate surface area is 104 Å². The van der Waals surface area contributed by atoms with Gasteiger partial charge in [0.25, 0.3) is 0 Å². The van der Waals surface area contributed by atoms with E-state index in [0.717, 1.165) is 11.6 Å². The lowest BCUT2D eigenvalue weighted by Gasteiger charge is -2.10. The summed E-state index contributed by atoms with van der Waals surface area (Å²) in [5.41, 5.74) is 0.499. The molecule has 0 aromatic heterocycles. The third kappa shape index (κ3) is 3.37. The third-order valence-corrected chi connectivity index (χ3v) is 3.06. The van der Waals surface area contributed by atoms with Crippen molar-refractivity contribution in [3.05, 3.63) is 30.1 Å². The van der Waals surface area contributed by atoms with Crippen LogP contribution in [0.5, 0.6) is 0 Å². The molecule has 0 bridgehead atoms. The van der Waals surface area contributed by atoms with E-state index in [-0.39, 0.29) is 30.2 Å². The number of carbonyl (C=O) groups is 1. The molecule has 0 radical (unpaired) electrons. The maximum atomic E-state index is 12.8. The number of thioether (sulfide) groups is 1. The number of hydrogen-bond acceptors (Lipinski definition) is 3.